The zero-order valence-electron chi connectivity index (χ0n) is 11.1. The smallest absolute Gasteiger partial charge is 0.309 e. The number of hydrogen-bond donors (Lipinski definition) is 1. The fraction of sp³-hybridized carbons (Fsp3) is 0.500. The number of ether oxygens (including phenoxy) is 1. The second-order valence-electron chi connectivity index (χ2n) is 5.05. The van der Waals surface area contributed by atoms with E-state index in [4.69, 9.17) is 4.74 Å². The first-order chi connectivity index (χ1) is 7.79. The second-order valence-corrected chi connectivity index (χ2v) is 5.05. The van der Waals surface area contributed by atoms with Crippen LogP contribution in [0.2, 0.25) is 0 Å². The van der Waals surface area contributed by atoms with E-state index in [9.17, 15) is 9.90 Å². The van der Waals surface area contributed by atoms with Crippen molar-refractivity contribution in [1.29, 1.82) is 0 Å². The minimum atomic E-state index is -0.791. The lowest BCUT2D eigenvalue weighted by atomic mass is 9.83. The maximum Gasteiger partial charge on any atom is 0.309 e. The van der Waals surface area contributed by atoms with Gasteiger partial charge < -0.3 is 9.84 Å². The number of benzene rings is 1. The van der Waals surface area contributed by atoms with Gasteiger partial charge >= 0.3 is 5.97 Å². The average Bonchev–Trinajstić information content (AvgIpc) is 2.25. The maximum absolute atomic E-state index is 11.2. The van der Waals surface area contributed by atoms with E-state index in [0.29, 0.717) is 6.42 Å². The number of rotatable bonds is 4. The van der Waals surface area contributed by atoms with Crippen molar-refractivity contribution in [3.05, 3.63) is 28.8 Å². The quantitative estimate of drug-likeness (QED) is 0.874. The molecule has 0 aromatic heterocycles. The van der Waals surface area contributed by atoms with Gasteiger partial charge in [-0.1, -0.05) is 6.07 Å². The highest BCUT2D eigenvalue weighted by molar-refractivity contribution is 5.74. The highest BCUT2D eigenvalue weighted by atomic mass is 16.5. The summed E-state index contributed by atoms with van der Waals surface area (Å²) in [6, 6.07) is 3.89. The summed E-state index contributed by atoms with van der Waals surface area (Å²) in [6.07, 6.45) is 0.471. The number of carboxylic acids is 1. The predicted octanol–water partition coefficient (Wildman–Crippen LogP) is 2.97. The molecule has 3 heteroatoms. The Labute approximate surface area is 102 Å². The molecule has 0 aliphatic heterocycles. The van der Waals surface area contributed by atoms with Crippen LogP contribution in [0.5, 0.6) is 5.75 Å². The summed E-state index contributed by atoms with van der Waals surface area (Å²) in [5.74, 6) is -0.0251. The number of aliphatic carboxylic acids is 1. The van der Waals surface area contributed by atoms with Crippen molar-refractivity contribution in [3.8, 4) is 5.75 Å². The molecule has 3 nitrogen and oxygen atoms in total. The molecule has 0 heterocycles. The van der Waals surface area contributed by atoms with E-state index in [-0.39, 0.29) is 0 Å². The van der Waals surface area contributed by atoms with Crippen LogP contribution in [0, 0.1) is 19.3 Å². The van der Waals surface area contributed by atoms with Gasteiger partial charge in [0.2, 0.25) is 0 Å². The van der Waals surface area contributed by atoms with Crippen LogP contribution < -0.4 is 4.74 Å². The summed E-state index contributed by atoms with van der Waals surface area (Å²) in [5.41, 5.74) is 2.46. The molecule has 0 saturated heterocycles. The molecule has 0 radical (unpaired) electrons. The standard InChI is InChI=1S/C14H20O3/c1-9-6-7-12(17-5)11(10(9)2)8-14(3,4)13(15)16/h6-7H,8H2,1-5H3,(H,15,16). The SMILES string of the molecule is COc1ccc(C)c(C)c1CC(C)(C)C(=O)O. The van der Waals surface area contributed by atoms with Crippen LogP contribution in [-0.2, 0) is 11.2 Å². The monoisotopic (exact) mass is 236 g/mol. The molecule has 0 fully saturated rings. The summed E-state index contributed by atoms with van der Waals surface area (Å²) in [7, 11) is 1.61. The number of hydrogen-bond acceptors (Lipinski definition) is 2. The molecule has 1 N–H and O–H groups in total. The molecule has 0 amide bonds. The van der Waals surface area contributed by atoms with Gasteiger partial charge in [0.15, 0.2) is 0 Å². The molecule has 0 atom stereocenters. The first-order valence-electron chi connectivity index (χ1n) is 5.66. The second kappa shape index (κ2) is 4.78. The minimum Gasteiger partial charge on any atom is -0.496 e. The van der Waals surface area contributed by atoms with Gasteiger partial charge in [-0.15, -0.1) is 0 Å². The lowest BCUT2D eigenvalue weighted by molar-refractivity contribution is -0.146. The predicted molar refractivity (Wildman–Crippen MR) is 67.6 cm³/mol. The largest absolute Gasteiger partial charge is 0.496 e. The van der Waals surface area contributed by atoms with Gasteiger partial charge in [0.05, 0.1) is 12.5 Å². The fourth-order valence-electron chi connectivity index (χ4n) is 1.78. The van der Waals surface area contributed by atoms with Crippen LogP contribution in [0.15, 0.2) is 12.1 Å². The van der Waals surface area contributed by atoms with E-state index < -0.39 is 11.4 Å². The Bertz CT molecular complexity index is 433. The maximum atomic E-state index is 11.2. The number of carbonyl (C=O) groups is 1. The molecule has 0 unspecified atom stereocenters. The average molecular weight is 236 g/mol. The summed E-state index contributed by atoms with van der Waals surface area (Å²) in [4.78, 5) is 11.2. The van der Waals surface area contributed by atoms with Crippen molar-refractivity contribution >= 4 is 5.97 Å². The Morgan fingerprint density at radius 3 is 2.41 bits per heavy atom. The molecule has 0 aliphatic carbocycles. The highest BCUT2D eigenvalue weighted by Crippen LogP contribution is 2.31. The third-order valence-electron chi connectivity index (χ3n) is 3.24. The first-order valence-corrected chi connectivity index (χ1v) is 5.66. The third-order valence-corrected chi connectivity index (χ3v) is 3.24. The van der Waals surface area contributed by atoms with Gasteiger partial charge in [0, 0.05) is 0 Å². The van der Waals surface area contributed by atoms with E-state index >= 15 is 0 Å². The number of aryl methyl sites for hydroxylation is 1. The molecular formula is C14H20O3. The summed E-state index contributed by atoms with van der Waals surface area (Å²) in [5, 5.41) is 9.19. The van der Waals surface area contributed by atoms with Gasteiger partial charge in [-0.2, -0.15) is 0 Å². The van der Waals surface area contributed by atoms with Crippen molar-refractivity contribution in [2.75, 3.05) is 7.11 Å². The van der Waals surface area contributed by atoms with E-state index in [2.05, 4.69) is 0 Å². The van der Waals surface area contributed by atoms with E-state index in [1.54, 1.807) is 21.0 Å². The number of carboxylic acid groups (broad SMARTS) is 1. The number of methoxy groups -OCH3 is 1. The summed E-state index contributed by atoms with van der Waals surface area (Å²) < 4.78 is 5.31. The van der Waals surface area contributed by atoms with Crippen molar-refractivity contribution < 1.29 is 14.6 Å². The summed E-state index contributed by atoms with van der Waals surface area (Å²) in [6.45, 7) is 7.49. The first kappa shape index (κ1) is 13.6. The van der Waals surface area contributed by atoms with Crippen LogP contribution in [0.4, 0.5) is 0 Å². The van der Waals surface area contributed by atoms with Gasteiger partial charge in [-0.05, 0) is 56.9 Å². The molecule has 0 saturated carbocycles. The Hall–Kier alpha value is -1.51. The molecule has 0 bridgehead atoms. The van der Waals surface area contributed by atoms with E-state index in [1.165, 1.54) is 0 Å². The normalized spacial score (nSPS) is 11.4. The fourth-order valence-corrected chi connectivity index (χ4v) is 1.78. The molecule has 1 aromatic carbocycles. The third kappa shape index (κ3) is 2.78. The highest BCUT2D eigenvalue weighted by Gasteiger charge is 2.29. The van der Waals surface area contributed by atoms with Crippen LogP contribution >= 0.6 is 0 Å². The Morgan fingerprint density at radius 1 is 1.35 bits per heavy atom. The van der Waals surface area contributed by atoms with Gasteiger partial charge in [-0.3, -0.25) is 4.79 Å². The Morgan fingerprint density at radius 2 is 1.94 bits per heavy atom. The molecule has 17 heavy (non-hydrogen) atoms. The van der Waals surface area contributed by atoms with Crippen molar-refractivity contribution in [1.82, 2.24) is 0 Å². The topological polar surface area (TPSA) is 46.5 Å². The molecule has 1 rings (SSSR count). The van der Waals surface area contributed by atoms with Gasteiger partial charge in [0.25, 0.3) is 0 Å². The Balaban J connectivity index is 3.21. The summed E-state index contributed by atoms with van der Waals surface area (Å²) >= 11 is 0. The lowest BCUT2D eigenvalue weighted by Gasteiger charge is -2.22. The molecule has 0 spiro atoms. The molecule has 94 valence electrons. The van der Waals surface area contributed by atoms with Gasteiger partial charge in [-0.25, -0.2) is 0 Å². The van der Waals surface area contributed by atoms with Crippen LogP contribution in [0.3, 0.4) is 0 Å². The molecular weight excluding hydrogens is 216 g/mol. The van der Waals surface area contributed by atoms with Crippen molar-refractivity contribution in [2.45, 2.75) is 34.1 Å². The van der Waals surface area contributed by atoms with Crippen LogP contribution in [0.25, 0.3) is 0 Å². The molecule has 0 aliphatic rings. The lowest BCUT2D eigenvalue weighted by Crippen LogP contribution is -2.26. The Kier molecular flexibility index (Phi) is 3.81. The zero-order valence-corrected chi connectivity index (χ0v) is 11.1. The van der Waals surface area contributed by atoms with Crippen LogP contribution in [0.1, 0.15) is 30.5 Å². The van der Waals surface area contributed by atoms with Crippen molar-refractivity contribution in [3.63, 3.8) is 0 Å². The van der Waals surface area contributed by atoms with E-state index in [0.717, 1.165) is 22.4 Å². The van der Waals surface area contributed by atoms with Gasteiger partial charge in [0.1, 0.15) is 5.75 Å². The van der Waals surface area contributed by atoms with Crippen LogP contribution in [-0.4, -0.2) is 18.2 Å². The van der Waals surface area contributed by atoms with E-state index in [1.807, 2.05) is 26.0 Å². The molecule has 1 aromatic rings. The minimum absolute atomic E-state index is 0.471. The van der Waals surface area contributed by atoms with Crippen molar-refractivity contribution in [2.24, 2.45) is 5.41 Å². The zero-order chi connectivity index (χ0) is 13.2.